The van der Waals surface area contributed by atoms with Crippen LogP contribution in [0.15, 0.2) is 24.3 Å². The summed E-state index contributed by atoms with van der Waals surface area (Å²) in [6.07, 6.45) is 9.35. The molecule has 0 radical (unpaired) electrons. The first kappa shape index (κ1) is 14.8. The van der Waals surface area contributed by atoms with Crippen molar-refractivity contribution in [3.8, 4) is 5.75 Å². The van der Waals surface area contributed by atoms with E-state index >= 15 is 0 Å². The Labute approximate surface area is 112 Å². The SMILES string of the molecule is CCCCCC=Cc1ccc(O)c(C(C)(C)C)c1. The number of unbranched alkanes of at least 4 members (excludes halogenated alkanes) is 3. The van der Waals surface area contributed by atoms with E-state index in [4.69, 9.17) is 0 Å². The van der Waals surface area contributed by atoms with Crippen LogP contribution in [0.25, 0.3) is 6.08 Å². The number of rotatable bonds is 5. The lowest BCUT2D eigenvalue weighted by atomic mass is 9.85. The van der Waals surface area contributed by atoms with Crippen LogP contribution in [0.4, 0.5) is 0 Å². The highest BCUT2D eigenvalue weighted by molar-refractivity contribution is 5.54. The summed E-state index contributed by atoms with van der Waals surface area (Å²) < 4.78 is 0. The third kappa shape index (κ3) is 4.56. The van der Waals surface area contributed by atoms with Gasteiger partial charge in [0.25, 0.3) is 0 Å². The van der Waals surface area contributed by atoms with Gasteiger partial charge in [-0.1, -0.05) is 58.8 Å². The lowest BCUT2D eigenvalue weighted by molar-refractivity contribution is 0.446. The summed E-state index contributed by atoms with van der Waals surface area (Å²) in [7, 11) is 0. The molecule has 0 saturated heterocycles. The fraction of sp³-hybridized carbons (Fsp3) is 0.529. The maximum Gasteiger partial charge on any atom is 0.119 e. The van der Waals surface area contributed by atoms with E-state index in [0.717, 1.165) is 12.0 Å². The number of hydrogen-bond donors (Lipinski definition) is 1. The van der Waals surface area contributed by atoms with Crippen LogP contribution in [0, 0.1) is 0 Å². The maximum atomic E-state index is 9.89. The minimum atomic E-state index is -0.0177. The molecule has 0 aromatic heterocycles. The van der Waals surface area contributed by atoms with Crippen molar-refractivity contribution in [2.45, 2.75) is 58.8 Å². The normalized spacial score (nSPS) is 12.2. The van der Waals surface area contributed by atoms with Gasteiger partial charge in [-0.2, -0.15) is 0 Å². The number of phenolic OH excluding ortho intramolecular Hbond substituents is 1. The fourth-order valence-corrected chi connectivity index (χ4v) is 1.99. The standard InChI is InChI=1S/C17H26O/c1-5-6-7-8-9-10-14-11-12-16(18)15(13-14)17(2,3)4/h9-13,18H,5-8H2,1-4H3. The molecule has 1 N–H and O–H groups in total. The van der Waals surface area contributed by atoms with Crippen LogP contribution in [0.3, 0.4) is 0 Å². The van der Waals surface area contributed by atoms with Crippen LogP contribution in [0.5, 0.6) is 5.75 Å². The van der Waals surface area contributed by atoms with E-state index in [1.165, 1.54) is 24.8 Å². The van der Waals surface area contributed by atoms with Crippen LogP contribution in [0.2, 0.25) is 0 Å². The van der Waals surface area contributed by atoms with Crippen molar-refractivity contribution >= 4 is 6.08 Å². The van der Waals surface area contributed by atoms with Gasteiger partial charge in [0.15, 0.2) is 0 Å². The summed E-state index contributed by atoms with van der Waals surface area (Å²) in [5.74, 6) is 0.394. The van der Waals surface area contributed by atoms with E-state index < -0.39 is 0 Å². The van der Waals surface area contributed by atoms with Gasteiger partial charge in [-0.25, -0.2) is 0 Å². The van der Waals surface area contributed by atoms with Crippen LogP contribution in [-0.4, -0.2) is 5.11 Å². The van der Waals surface area contributed by atoms with Gasteiger partial charge in [0, 0.05) is 0 Å². The van der Waals surface area contributed by atoms with Crippen molar-refractivity contribution in [2.24, 2.45) is 0 Å². The van der Waals surface area contributed by atoms with Crippen molar-refractivity contribution in [3.05, 3.63) is 35.4 Å². The summed E-state index contributed by atoms with van der Waals surface area (Å²) in [6.45, 7) is 8.59. The molecular formula is C17H26O. The van der Waals surface area contributed by atoms with E-state index in [9.17, 15) is 5.11 Å². The minimum absolute atomic E-state index is 0.0177. The van der Waals surface area contributed by atoms with Crippen LogP contribution >= 0.6 is 0 Å². The third-order valence-electron chi connectivity index (χ3n) is 3.11. The number of hydrogen-bond acceptors (Lipinski definition) is 1. The lowest BCUT2D eigenvalue weighted by Gasteiger charge is -2.20. The summed E-state index contributed by atoms with van der Waals surface area (Å²) in [5, 5.41) is 9.89. The maximum absolute atomic E-state index is 9.89. The van der Waals surface area contributed by atoms with Gasteiger partial charge >= 0.3 is 0 Å². The number of benzene rings is 1. The quantitative estimate of drug-likeness (QED) is 0.700. The first-order valence-corrected chi connectivity index (χ1v) is 6.95. The average molecular weight is 246 g/mol. The molecule has 0 spiro atoms. The second kappa shape index (κ2) is 6.63. The molecule has 1 aromatic carbocycles. The van der Waals surface area contributed by atoms with E-state index in [1.807, 2.05) is 6.07 Å². The Morgan fingerprint density at radius 1 is 1.17 bits per heavy atom. The van der Waals surface area contributed by atoms with Gasteiger partial charge < -0.3 is 5.11 Å². The summed E-state index contributed by atoms with van der Waals surface area (Å²) in [6, 6.07) is 5.86. The summed E-state index contributed by atoms with van der Waals surface area (Å²) >= 11 is 0. The Morgan fingerprint density at radius 2 is 1.89 bits per heavy atom. The molecule has 0 amide bonds. The first-order chi connectivity index (χ1) is 8.45. The van der Waals surface area contributed by atoms with Crippen LogP contribution < -0.4 is 0 Å². The third-order valence-corrected chi connectivity index (χ3v) is 3.11. The molecule has 0 heterocycles. The van der Waals surface area contributed by atoms with Crippen molar-refractivity contribution in [1.82, 2.24) is 0 Å². The topological polar surface area (TPSA) is 20.2 Å². The predicted molar refractivity (Wildman–Crippen MR) is 80.0 cm³/mol. The summed E-state index contributed by atoms with van der Waals surface area (Å²) in [4.78, 5) is 0. The molecule has 0 unspecified atom stereocenters. The molecule has 0 saturated carbocycles. The van der Waals surface area contributed by atoms with Crippen molar-refractivity contribution in [2.75, 3.05) is 0 Å². The zero-order chi connectivity index (χ0) is 13.6. The molecule has 1 rings (SSSR count). The molecule has 18 heavy (non-hydrogen) atoms. The monoisotopic (exact) mass is 246 g/mol. The number of phenols is 1. The number of allylic oxidation sites excluding steroid dienone is 1. The molecule has 100 valence electrons. The molecular weight excluding hydrogens is 220 g/mol. The second-order valence-electron chi connectivity index (χ2n) is 5.92. The van der Waals surface area contributed by atoms with Crippen LogP contribution in [0.1, 0.15) is 64.5 Å². The van der Waals surface area contributed by atoms with Crippen LogP contribution in [-0.2, 0) is 5.41 Å². The highest BCUT2D eigenvalue weighted by atomic mass is 16.3. The van der Waals surface area contributed by atoms with E-state index in [0.29, 0.717) is 5.75 Å². The van der Waals surface area contributed by atoms with Gasteiger partial charge in [0.2, 0.25) is 0 Å². The van der Waals surface area contributed by atoms with Crippen molar-refractivity contribution < 1.29 is 5.11 Å². The van der Waals surface area contributed by atoms with Crippen molar-refractivity contribution in [3.63, 3.8) is 0 Å². The molecule has 0 aliphatic rings. The minimum Gasteiger partial charge on any atom is -0.508 e. The molecule has 0 aliphatic heterocycles. The lowest BCUT2D eigenvalue weighted by Crippen LogP contribution is -2.11. The highest BCUT2D eigenvalue weighted by Gasteiger charge is 2.17. The molecule has 0 bridgehead atoms. The smallest absolute Gasteiger partial charge is 0.119 e. The Bertz CT molecular complexity index is 397. The molecule has 1 heteroatoms. The van der Waals surface area contributed by atoms with Crippen molar-refractivity contribution in [1.29, 1.82) is 0 Å². The molecule has 0 atom stereocenters. The zero-order valence-electron chi connectivity index (χ0n) is 12.2. The summed E-state index contributed by atoms with van der Waals surface area (Å²) in [5.41, 5.74) is 2.17. The Hall–Kier alpha value is -1.24. The van der Waals surface area contributed by atoms with E-state index in [-0.39, 0.29) is 5.41 Å². The Balaban J connectivity index is 2.73. The Morgan fingerprint density at radius 3 is 2.50 bits per heavy atom. The van der Waals surface area contributed by atoms with Gasteiger partial charge in [-0.15, -0.1) is 0 Å². The first-order valence-electron chi connectivity index (χ1n) is 6.95. The van der Waals surface area contributed by atoms with Gasteiger partial charge in [0.1, 0.15) is 5.75 Å². The van der Waals surface area contributed by atoms with Gasteiger partial charge in [0.05, 0.1) is 0 Å². The van der Waals surface area contributed by atoms with Gasteiger partial charge in [-0.3, -0.25) is 0 Å². The molecule has 0 aliphatic carbocycles. The largest absolute Gasteiger partial charge is 0.508 e. The average Bonchev–Trinajstić information content (AvgIpc) is 2.29. The second-order valence-corrected chi connectivity index (χ2v) is 5.92. The highest BCUT2D eigenvalue weighted by Crippen LogP contribution is 2.31. The fourth-order valence-electron chi connectivity index (χ4n) is 1.99. The zero-order valence-corrected chi connectivity index (χ0v) is 12.2. The molecule has 0 fully saturated rings. The molecule has 1 aromatic rings. The number of aromatic hydroxyl groups is 1. The predicted octanol–water partition coefficient (Wildman–Crippen LogP) is 5.28. The van der Waals surface area contributed by atoms with Gasteiger partial charge in [-0.05, 0) is 41.5 Å². The molecule has 1 nitrogen and oxygen atoms in total. The van der Waals surface area contributed by atoms with E-state index in [2.05, 4.69) is 45.9 Å². The van der Waals surface area contributed by atoms with E-state index in [1.54, 1.807) is 6.07 Å². The Kier molecular flexibility index (Phi) is 5.46.